The molecule has 102 valence electrons. The number of carbonyl (C=O) groups is 1. The Kier molecular flexibility index (Phi) is 4.28. The highest BCUT2D eigenvalue weighted by Crippen LogP contribution is 2.20. The molecule has 1 amide bonds. The molecule has 0 saturated carbocycles. The molecule has 7 heteroatoms. The Morgan fingerprint density at radius 2 is 2.32 bits per heavy atom. The fourth-order valence-electron chi connectivity index (χ4n) is 1.64. The molecule has 0 unspecified atom stereocenters. The van der Waals surface area contributed by atoms with Crippen molar-refractivity contribution in [2.24, 2.45) is 5.73 Å². The number of thiophene rings is 1. The lowest BCUT2D eigenvalue weighted by Crippen LogP contribution is -2.22. The Hall–Kier alpha value is -1.73. The Labute approximate surface area is 115 Å². The van der Waals surface area contributed by atoms with Crippen molar-refractivity contribution in [2.75, 3.05) is 6.54 Å². The number of hydrogen-bond acceptors (Lipinski definition) is 5. The summed E-state index contributed by atoms with van der Waals surface area (Å²) in [4.78, 5) is 14.3. The van der Waals surface area contributed by atoms with Crippen LogP contribution in [0, 0.1) is 13.8 Å². The fraction of sp³-hybridized carbons (Fsp3) is 0.417. The van der Waals surface area contributed by atoms with Gasteiger partial charge in [0.15, 0.2) is 5.69 Å². The van der Waals surface area contributed by atoms with Gasteiger partial charge in [-0.3, -0.25) is 9.48 Å². The highest BCUT2D eigenvalue weighted by molar-refractivity contribution is 7.12. The number of nitrogens with two attached hydrogens (primary N) is 1. The molecule has 3 N–H and O–H groups in total. The molecule has 0 radical (unpaired) electrons. The molecule has 2 rings (SSSR count). The van der Waals surface area contributed by atoms with Gasteiger partial charge in [0.1, 0.15) is 0 Å². The second kappa shape index (κ2) is 5.94. The topological polar surface area (TPSA) is 85.8 Å². The summed E-state index contributed by atoms with van der Waals surface area (Å²) in [5.74, 6) is -0.216. The first-order valence-electron chi connectivity index (χ1n) is 6.04. The van der Waals surface area contributed by atoms with Gasteiger partial charge in [-0.15, -0.1) is 16.4 Å². The number of amides is 1. The van der Waals surface area contributed by atoms with E-state index in [0.717, 1.165) is 4.88 Å². The smallest absolute Gasteiger partial charge is 0.273 e. The normalized spacial score (nSPS) is 10.7. The second-order valence-corrected chi connectivity index (χ2v) is 5.63. The Bertz CT molecular complexity index is 555. The standard InChI is InChI=1S/C12H17N5OS/c1-8-5-10(19-9(8)2)6-14-12(18)11-7-17(4-3-13)16-15-11/h5,7H,3-4,6,13H2,1-2H3,(H,14,18). The minimum absolute atomic E-state index is 0.216. The summed E-state index contributed by atoms with van der Waals surface area (Å²) in [6.45, 7) is 5.68. The second-order valence-electron chi connectivity index (χ2n) is 4.29. The van der Waals surface area contributed by atoms with E-state index in [-0.39, 0.29) is 5.91 Å². The molecule has 0 fully saturated rings. The lowest BCUT2D eigenvalue weighted by Gasteiger charge is -1.99. The summed E-state index contributed by atoms with van der Waals surface area (Å²) in [6, 6.07) is 2.09. The number of hydrogen-bond donors (Lipinski definition) is 2. The molecule has 6 nitrogen and oxygen atoms in total. The van der Waals surface area contributed by atoms with Gasteiger partial charge in [0.05, 0.1) is 19.3 Å². The van der Waals surface area contributed by atoms with Crippen molar-refractivity contribution >= 4 is 17.2 Å². The average molecular weight is 279 g/mol. The van der Waals surface area contributed by atoms with Gasteiger partial charge >= 0.3 is 0 Å². The molecule has 0 aliphatic carbocycles. The van der Waals surface area contributed by atoms with Crippen molar-refractivity contribution < 1.29 is 4.79 Å². The van der Waals surface area contributed by atoms with Gasteiger partial charge < -0.3 is 11.1 Å². The van der Waals surface area contributed by atoms with Gasteiger partial charge in [0.2, 0.25) is 0 Å². The van der Waals surface area contributed by atoms with E-state index in [9.17, 15) is 4.79 Å². The highest BCUT2D eigenvalue weighted by Gasteiger charge is 2.11. The van der Waals surface area contributed by atoms with Crippen LogP contribution in [0.25, 0.3) is 0 Å². The number of carbonyl (C=O) groups excluding carboxylic acids is 1. The van der Waals surface area contributed by atoms with Crippen molar-refractivity contribution in [2.45, 2.75) is 26.9 Å². The molecule has 0 spiro atoms. The van der Waals surface area contributed by atoms with Crippen molar-refractivity contribution in [1.29, 1.82) is 0 Å². The lowest BCUT2D eigenvalue weighted by atomic mass is 10.3. The van der Waals surface area contributed by atoms with Crippen LogP contribution in [0.1, 0.15) is 25.8 Å². The van der Waals surface area contributed by atoms with Crippen LogP contribution in [0.3, 0.4) is 0 Å². The molecule has 0 atom stereocenters. The quantitative estimate of drug-likeness (QED) is 0.849. The summed E-state index contributed by atoms with van der Waals surface area (Å²) in [7, 11) is 0. The summed E-state index contributed by atoms with van der Waals surface area (Å²) in [6.07, 6.45) is 1.60. The maximum atomic E-state index is 11.9. The lowest BCUT2D eigenvalue weighted by molar-refractivity contribution is 0.0946. The third-order valence-corrected chi connectivity index (χ3v) is 3.92. The molecule has 0 aliphatic heterocycles. The molecule has 2 aromatic rings. The van der Waals surface area contributed by atoms with Crippen LogP contribution in [-0.4, -0.2) is 27.4 Å². The predicted molar refractivity (Wildman–Crippen MR) is 74.0 cm³/mol. The minimum atomic E-state index is -0.216. The molecule has 2 heterocycles. The Morgan fingerprint density at radius 3 is 2.95 bits per heavy atom. The summed E-state index contributed by atoms with van der Waals surface area (Å²) in [5, 5.41) is 10.5. The number of rotatable bonds is 5. The first-order valence-corrected chi connectivity index (χ1v) is 6.86. The van der Waals surface area contributed by atoms with Crippen LogP contribution in [0.5, 0.6) is 0 Å². The Morgan fingerprint density at radius 1 is 1.53 bits per heavy atom. The van der Waals surface area contributed by atoms with Crippen molar-refractivity contribution in [1.82, 2.24) is 20.3 Å². The van der Waals surface area contributed by atoms with Gasteiger partial charge in [-0.25, -0.2) is 0 Å². The number of nitrogens with zero attached hydrogens (tertiary/aromatic N) is 3. The van der Waals surface area contributed by atoms with E-state index in [2.05, 4.69) is 35.5 Å². The molecule has 19 heavy (non-hydrogen) atoms. The molecular weight excluding hydrogens is 262 g/mol. The number of aromatic nitrogens is 3. The van der Waals surface area contributed by atoms with Gasteiger partial charge in [-0.05, 0) is 25.5 Å². The van der Waals surface area contributed by atoms with Gasteiger partial charge in [-0.1, -0.05) is 5.21 Å². The van der Waals surface area contributed by atoms with Crippen LogP contribution in [0.15, 0.2) is 12.3 Å². The Balaban J connectivity index is 1.93. The van der Waals surface area contributed by atoms with Gasteiger partial charge in [0.25, 0.3) is 5.91 Å². The van der Waals surface area contributed by atoms with E-state index in [4.69, 9.17) is 5.73 Å². The summed E-state index contributed by atoms with van der Waals surface area (Å²) >= 11 is 1.69. The zero-order valence-electron chi connectivity index (χ0n) is 11.0. The van der Waals surface area contributed by atoms with E-state index in [1.54, 1.807) is 22.2 Å². The summed E-state index contributed by atoms with van der Waals surface area (Å²) in [5.41, 5.74) is 6.98. The van der Waals surface area contributed by atoms with E-state index >= 15 is 0 Å². The van der Waals surface area contributed by atoms with E-state index in [0.29, 0.717) is 25.3 Å². The highest BCUT2D eigenvalue weighted by atomic mass is 32.1. The average Bonchev–Trinajstić information content (AvgIpc) is 2.95. The largest absolute Gasteiger partial charge is 0.346 e. The molecule has 0 aliphatic rings. The predicted octanol–water partition coefficient (Wildman–Crippen LogP) is 0.845. The van der Waals surface area contributed by atoms with Crippen LogP contribution >= 0.6 is 11.3 Å². The van der Waals surface area contributed by atoms with Gasteiger partial charge in [-0.2, -0.15) is 0 Å². The number of aryl methyl sites for hydroxylation is 2. The van der Waals surface area contributed by atoms with Crippen molar-refractivity contribution in [3.63, 3.8) is 0 Å². The zero-order chi connectivity index (χ0) is 13.8. The van der Waals surface area contributed by atoms with Crippen LogP contribution in [0.2, 0.25) is 0 Å². The molecular formula is C12H17N5OS. The summed E-state index contributed by atoms with van der Waals surface area (Å²) < 4.78 is 1.56. The van der Waals surface area contributed by atoms with Gasteiger partial charge in [0, 0.05) is 16.3 Å². The van der Waals surface area contributed by atoms with Crippen LogP contribution in [-0.2, 0) is 13.1 Å². The fourth-order valence-corrected chi connectivity index (χ4v) is 2.63. The molecule has 0 aromatic carbocycles. The molecule has 0 saturated heterocycles. The van der Waals surface area contributed by atoms with E-state index in [1.807, 2.05) is 0 Å². The molecule has 2 aromatic heterocycles. The number of nitrogens with one attached hydrogen (secondary N) is 1. The monoisotopic (exact) mass is 279 g/mol. The van der Waals surface area contributed by atoms with Crippen molar-refractivity contribution in [3.8, 4) is 0 Å². The zero-order valence-corrected chi connectivity index (χ0v) is 11.8. The van der Waals surface area contributed by atoms with Crippen molar-refractivity contribution in [3.05, 3.63) is 33.3 Å². The van der Waals surface area contributed by atoms with Crippen LogP contribution < -0.4 is 11.1 Å². The third kappa shape index (κ3) is 3.39. The molecule has 0 bridgehead atoms. The van der Waals surface area contributed by atoms with E-state index < -0.39 is 0 Å². The van der Waals surface area contributed by atoms with Crippen LogP contribution in [0.4, 0.5) is 0 Å². The first kappa shape index (κ1) is 13.7. The maximum Gasteiger partial charge on any atom is 0.273 e. The van der Waals surface area contributed by atoms with E-state index in [1.165, 1.54) is 10.4 Å². The third-order valence-electron chi connectivity index (χ3n) is 2.77. The SMILES string of the molecule is Cc1cc(CNC(=O)c2cn(CCN)nn2)sc1C. The minimum Gasteiger partial charge on any atom is -0.346 e. The maximum absolute atomic E-state index is 11.9. The first-order chi connectivity index (χ1) is 9.10.